The standard InChI is InChI=1S/C18H22ClNO/c1-3-21-18-9-8-16(19)11-17(18)15(12-20)10-14-6-4-13(2)5-7-14/h4-9,11,15H,3,10,12,20H2,1-2H3. The second-order valence-corrected chi connectivity index (χ2v) is 5.67. The van der Waals surface area contributed by atoms with Gasteiger partial charge < -0.3 is 10.5 Å². The number of rotatable bonds is 6. The lowest BCUT2D eigenvalue weighted by molar-refractivity contribution is 0.334. The van der Waals surface area contributed by atoms with Crippen LogP contribution in [0.5, 0.6) is 5.75 Å². The first-order chi connectivity index (χ1) is 10.1. The molecule has 2 rings (SSSR count). The van der Waals surface area contributed by atoms with Crippen LogP contribution in [-0.4, -0.2) is 13.2 Å². The second-order valence-electron chi connectivity index (χ2n) is 5.24. The number of hydrogen-bond donors (Lipinski definition) is 1. The first kappa shape index (κ1) is 15.9. The third-order valence-corrected chi connectivity index (χ3v) is 3.83. The molecule has 2 aromatic rings. The van der Waals surface area contributed by atoms with Gasteiger partial charge in [0.05, 0.1) is 6.61 Å². The van der Waals surface area contributed by atoms with E-state index in [1.54, 1.807) is 0 Å². The fraction of sp³-hybridized carbons (Fsp3) is 0.333. The zero-order valence-corrected chi connectivity index (χ0v) is 13.4. The van der Waals surface area contributed by atoms with Gasteiger partial charge >= 0.3 is 0 Å². The Bertz CT molecular complexity index is 580. The Kier molecular flexibility index (Phi) is 5.66. The number of ether oxygens (including phenoxy) is 1. The van der Waals surface area contributed by atoms with Crippen LogP contribution in [0.25, 0.3) is 0 Å². The molecular weight excluding hydrogens is 282 g/mol. The van der Waals surface area contributed by atoms with Crippen LogP contribution in [0.15, 0.2) is 42.5 Å². The zero-order chi connectivity index (χ0) is 15.2. The molecule has 0 aliphatic rings. The van der Waals surface area contributed by atoms with E-state index in [2.05, 4.69) is 31.2 Å². The van der Waals surface area contributed by atoms with Gasteiger partial charge in [-0.05, 0) is 50.6 Å². The van der Waals surface area contributed by atoms with Gasteiger partial charge in [0.25, 0.3) is 0 Å². The molecule has 0 saturated carbocycles. The van der Waals surface area contributed by atoms with E-state index < -0.39 is 0 Å². The number of nitrogens with two attached hydrogens (primary N) is 1. The summed E-state index contributed by atoms with van der Waals surface area (Å²) in [6, 6.07) is 14.3. The number of halogens is 1. The molecule has 112 valence electrons. The SMILES string of the molecule is CCOc1ccc(Cl)cc1C(CN)Cc1ccc(C)cc1. The van der Waals surface area contributed by atoms with Crippen LogP contribution >= 0.6 is 11.6 Å². The van der Waals surface area contributed by atoms with Crippen molar-refractivity contribution in [2.75, 3.05) is 13.2 Å². The summed E-state index contributed by atoms with van der Waals surface area (Å²) in [6.45, 7) is 5.27. The summed E-state index contributed by atoms with van der Waals surface area (Å²) in [5.41, 5.74) is 9.63. The van der Waals surface area contributed by atoms with Crippen LogP contribution in [0.3, 0.4) is 0 Å². The third-order valence-electron chi connectivity index (χ3n) is 3.60. The van der Waals surface area contributed by atoms with E-state index in [0.717, 1.165) is 22.8 Å². The Balaban J connectivity index is 2.27. The minimum absolute atomic E-state index is 0.202. The monoisotopic (exact) mass is 303 g/mol. The predicted octanol–water partition coefficient (Wildman–Crippen LogP) is 4.33. The van der Waals surface area contributed by atoms with Gasteiger partial charge in [-0.15, -0.1) is 0 Å². The molecule has 0 fully saturated rings. The molecular formula is C18H22ClNO. The van der Waals surface area contributed by atoms with E-state index in [0.29, 0.717) is 13.2 Å². The van der Waals surface area contributed by atoms with Gasteiger partial charge in [0.2, 0.25) is 0 Å². The Morgan fingerprint density at radius 2 is 1.86 bits per heavy atom. The first-order valence-electron chi connectivity index (χ1n) is 7.32. The summed E-state index contributed by atoms with van der Waals surface area (Å²) < 4.78 is 5.72. The van der Waals surface area contributed by atoms with Gasteiger partial charge in [0, 0.05) is 16.5 Å². The average molecular weight is 304 g/mol. The smallest absolute Gasteiger partial charge is 0.122 e. The van der Waals surface area contributed by atoms with Gasteiger partial charge in [0.1, 0.15) is 5.75 Å². The molecule has 0 heterocycles. The molecule has 2 nitrogen and oxygen atoms in total. The molecule has 0 aliphatic heterocycles. The number of hydrogen-bond acceptors (Lipinski definition) is 2. The highest BCUT2D eigenvalue weighted by atomic mass is 35.5. The zero-order valence-electron chi connectivity index (χ0n) is 12.6. The molecule has 2 aromatic carbocycles. The Morgan fingerprint density at radius 1 is 1.14 bits per heavy atom. The highest BCUT2D eigenvalue weighted by Gasteiger charge is 2.16. The lowest BCUT2D eigenvalue weighted by atomic mass is 9.91. The summed E-state index contributed by atoms with van der Waals surface area (Å²) in [4.78, 5) is 0. The summed E-state index contributed by atoms with van der Waals surface area (Å²) in [5, 5.41) is 0.718. The summed E-state index contributed by atoms with van der Waals surface area (Å²) >= 11 is 6.15. The van der Waals surface area contributed by atoms with Gasteiger partial charge in [-0.2, -0.15) is 0 Å². The van der Waals surface area contributed by atoms with E-state index in [-0.39, 0.29) is 5.92 Å². The van der Waals surface area contributed by atoms with Crippen molar-refractivity contribution in [3.63, 3.8) is 0 Å². The Hall–Kier alpha value is -1.51. The largest absolute Gasteiger partial charge is 0.494 e. The van der Waals surface area contributed by atoms with Crippen LogP contribution in [0.4, 0.5) is 0 Å². The normalized spacial score (nSPS) is 12.2. The molecule has 1 unspecified atom stereocenters. The van der Waals surface area contributed by atoms with Crippen LogP contribution in [0, 0.1) is 6.92 Å². The summed E-state index contributed by atoms with van der Waals surface area (Å²) in [5.74, 6) is 1.08. The number of benzene rings is 2. The molecule has 0 aromatic heterocycles. The van der Waals surface area contributed by atoms with E-state index in [9.17, 15) is 0 Å². The molecule has 0 radical (unpaired) electrons. The van der Waals surface area contributed by atoms with Crippen LogP contribution in [0.2, 0.25) is 5.02 Å². The van der Waals surface area contributed by atoms with Gasteiger partial charge in [-0.25, -0.2) is 0 Å². The molecule has 0 bridgehead atoms. The molecule has 0 amide bonds. The molecule has 3 heteroatoms. The Morgan fingerprint density at radius 3 is 2.48 bits per heavy atom. The van der Waals surface area contributed by atoms with Crippen molar-refractivity contribution < 1.29 is 4.74 Å². The summed E-state index contributed by atoms with van der Waals surface area (Å²) in [6.07, 6.45) is 0.886. The maximum Gasteiger partial charge on any atom is 0.122 e. The van der Waals surface area contributed by atoms with E-state index in [4.69, 9.17) is 22.1 Å². The fourth-order valence-corrected chi connectivity index (χ4v) is 2.63. The van der Waals surface area contributed by atoms with Crippen molar-refractivity contribution in [1.82, 2.24) is 0 Å². The molecule has 0 saturated heterocycles. The maximum atomic E-state index is 6.15. The maximum absolute atomic E-state index is 6.15. The van der Waals surface area contributed by atoms with Crippen molar-refractivity contribution in [1.29, 1.82) is 0 Å². The third kappa shape index (κ3) is 4.23. The van der Waals surface area contributed by atoms with Crippen LogP contribution < -0.4 is 10.5 Å². The topological polar surface area (TPSA) is 35.2 Å². The lowest BCUT2D eigenvalue weighted by Crippen LogP contribution is -2.16. The van der Waals surface area contributed by atoms with Crippen LogP contribution in [-0.2, 0) is 6.42 Å². The molecule has 0 spiro atoms. The van der Waals surface area contributed by atoms with E-state index in [1.807, 2.05) is 25.1 Å². The first-order valence-corrected chi connectivity index (χ1v) is 7.69. The van der Waals surface area contributed by atoms with Crippen LogP contribution in [0.1, 0.15) is 29.5 Å². The minimum Gasteiger partial charge on any atom is -0.494 e. The molecule has 1 atom stereocenters. The van der Waals surface area contributed by atoms with Crippen molar-refractivity contribution in [3.05, 3.63) is 64.2 Å². The molecule has 2 N–H and O–H groups in total. The lowest BCUT2D eigenvalue weighted by Gasteiger charge is -2.19. The average Bonchev–Trinajstić information content (AvgIpc) is 2.49. The van der Waals surface area contributed by atoms with Crippen molar-refractivity contribution in [3.8, 4) is 5.75 Å². The fourth-order valence-electron chi connectivity index (χ4n) is 2.45. The van der Waals surface area contributed by atoms with Gasteiger partial charge in [0.15, 0.2) is 0 Å². The van der Waals surface area contributed by atoms with Crippen molar-refractivity contribution in [2.45, 2.75) is 26.2 Å². The second kappa shape index (κ2) is 7.48. The quantitative estimate of drug-likeness (QED) is 0.862. The van der Waals surface area contributed by atoms with Crippen molar-refractivity contribution >= 4 is 11.6 Å². The van der Waals surface area contributed by atoms with E-state index in [1.165, 1.54) is 11.1 Å². The summed E-state index contributed by atoms with van der Waals surface area (Å²) in [7, 11) is 0. The molecule has 21 heavy (non-hydrogen) atoms. The minimum atomic E-state index is 0.202. The van der Waals surface area contributed by atoms with Gasteiger partial charge in [-0.3, -0.25) is 0 Å². The van der Waals surface area contributed by atoms with Gasteiger partial charge in [-0.1, -0.05) is 41.4 Å². The number of aryl methyl sites for hydroxylation is 1. The van der Waals surface area contributed by atoms with E-state index >= 15 is 0 Å². The highest BCUT2D eigenvalue weighted by molar-refractivity contribution is 6.30. The van der Waals surface area contributed by atoms with Crippen molar-refractivity contribution in [2.24, 2.45) is 5.73 Å². The Labute approximate surface area is 131 Å². The molecule has 0 aliphatic carbocycles. The predicted molar refractivity (Wildman–Crippen MR) is 89.3 cm³/mol. The highest BCUT2D eigenvalue weighted by Crippen LogP contribution is 2.31.